The van der Waals surface area contributed by atoms with Crippen LogP contribution in [0.5, 0.6) is 0 Å². The van der Waals surface area contributed by atoms with Gasteiger partial charge in [-0.1, -0.05) is 58.0 Å². The molecule has 0 radical (unpaired) electrons. The van der Waals surface area contributed by atoms with Crippen molar-refractivity contribution in [2.75, 3.05) is 0 Å². The second-order valence-electron chi connectivity index (χ2n) is 8.52. The summed E-state index contributed by atoms with van der Waals surface area (Å²) in [6, 6.07) is 9.31. The number of benzene rings is 1. The van der Waals surface area contributed by atoms with Crippen LogP contribution in [0, 0.1) is 16.7 Å². The average molecular weight is 268 g/mol. The molecule has 2 aliphatic rings. The molecule has 108 valence electrons. The number of hydrogen-bond acceptors (Lipinski definition) is 0. The second-order valence-corrected chi connectivity index (χ2v) is 8.52. The van der Waals surface area contributed by atoms with Crippen LogP contribution < -0.4 is 0 Å². The Kier molecular flexibility index (Phi) is 3.31. The Morgan fingerprint density at radius 2 is 1.85 bits per heavy atom. The van der Waals surface area contributed by atoms with Crippen molar-refractivity contribution in [1.82, 2.24) is 0 Å². The summed E-state index contributed by atoms with van der Waals surface area (Å²) in [4.78, 5) is 0. The summed E-state index contributed by atoms with van der Waals surface area (Å²) in [5.74, 6) is 0.971. The average Bonchev–Trinajstić information content (AvgIpc) is 3.09. The van der Waals surface area contributed by atoms with E-state index in [2.05, 4.69) is 58.0 Å². The number of rotatable bonds is 3. The lowest BCUT2D eigenvalue weighted by Crippen LogP contribution is -2.26. The Balaban J connectivity index is 1.89. The highest BCUT2D eigenvalue weighted by Crippen LogP contribution is 2.47. The summed E-state index contributed by atoms with van der Waals surface area (Å²) >= 11 is 0. The molecule has 2 aliphatic carbocycles. The van der Waals surface area contributed by atoms with Crippen LogP contribution in [0.2, 0.25) is 0 Å². The summed E-state index contributed by atoms with van der Waals surface area (Å²) in [5.41, 5.74) is 5.30. The first kappa shape index (κ1) is 13.9. The van der Waals surface area contributed by atoms with Gasteiger partial charge in [0.15, 0.2) is 0 Å². The van der Waals surface area contributed by atoms with Crippen molar-refractivity contribution in [2.24, 2.45) is 16.7 Å². The molecule has 0 nitrogen and oxygen atoms in total. The van der Waals surface area contributed by atoms with Crippen LogP contribution in [-0.2, 0) is 6.42 Å². The largest absolute Gasteiger partial charge is 0.0750 e. The predicted octanol–water partition coefficient (Wildman–Crippen LogP) is 5.87. The van der Waals surface area contributed by atoms with Crippen LogP contribution in [0.4, 0.5) is 0 Å². The molecule has 0 amide bonds. The van der Waals surface area contributed by atoms with Crippen LogP contribution in [0.15, 0.2) is 30.3 Å². The molecule has 1 saturated carbocycles. The van der Waals surface area contributed by atoms with Crippen LogP contribution in [0.3, 0.4) is 0 Å². The minimum atomic E-state index is 0.323. The maximum Gasteiger partial charge on any atom is -0.0164 e. The normalized spacial score (nSPS) is 24.3. The standard InChI is InChI=1S/C20H28/c1-19(2)12-18(13-20(3,4)14-19)17-7-5-6-16(11-17)10-15-8-9-15/h5-7,11-12,15H,8-10,13-14H2,1-4H3. The zero-order valence-electron chi connectivity index (χ0n) is 13.5. The molecule has 1 fully saturated rings. The fourth-order valence-corrected chi connectivity index (χ4v) is 4.12. The monoisotopic (exact) mass is 268 g/mol. The van der Waals surface area contributed by atoms with E-state index in [1.165, 1.54) is 43.2 Å². The predicted molar refractivity (Wildman–Crippen MR) is 87.6 cm³/mol. The Morgan fingerprint density at radius 1 is 1.10 bits per heavy atom. The summed E-state index contributed by atoms with van der Waals surface area (Å²) in [7, 11) is 0. The van der Waals surface area contributed by atoms with Crippen LogP contribution in [0.25, 0.3) is 5.57 Å². The maximum atomic E-state index is 2.52. The van der Waals surface area contributed by atoms with Crippen molar-refractivity contribution in [2.45, 2.75) is 59.8 Å². The molecule has 0 aliphatic heterocycles. The van der Waals surface area contributed by atoms with Gasteiger partial charge in [0.1, 0.15) is 0 Å². The number of allylic oxidation sites excluding steroid dienone is 2. The van der Waals surface area contributed by atoms with Crippen molar-refractivity contribution in [1.29, 1.82) is 0 Å². The highest BCUT2D eigenvalue weighted by molar-refractivity contribution is 5.68. The molecule has 3 rings (SSSR count). The highest BCUT2D eigenvalue weighted by Gasteiger charge is 2.33. The molecular formula is C20H28. The van der Waals surface area contributed by atoms with Crippen molar-refractivity contribution < 1.29 is 0 Å². The molecule has 1 aromatic carbocycles. The van der Waals surface area contributed by atoms with Gasteiger partial charge in [-0.25, -0.2) is 0 Å². The topological polar surface area (TPSA) is 0 Å². The van der Waals surface area contributed by atoms with E-state index in [1.54, 1.807) is 5.57 Å². The summed E-state index contributed by atoms with van der Waals surface area (Å²) in [6.45, 7) is 9.58. The quantitative estimate of drug-likeness (QED) is 0.643. The molecule has 0 heteroatoms. The van der Waals surface area contributed by atoms with Gasteiger partial charge in [-0.2, -0.15) is 0 Å². The fraction of sp³-hybridized carbons (Fsp3) is 0.600. The molecular weight excluding hydrogens is 240 g/mol. The third-order valence-electron chi connectivity index (χ3n) is 4.69. The Morgan fingerprint density at radius 3 is 2.50 bits per heavy atom. The first-order valence-corrected chi connectivity index (χ1v) is 8.14. The van der Waals surface area contributed by atoms with Gasteiger partial charge < -0.3 is 0 Å². The lowest BCUT2D eigenvalue weighted by molar-refractivity contribution is 0.229. The zero-order chi connectivity index (χ0) is 14.4. The molecule has 1 aromatic rings. The van der Waals surface area contributed by atoms with E-state index in [0.29, 0.717) is 10.8 Å². The van der Waals surface area contributed by atoms with E-state index >= 15 is 0 Å². The van der Waals surface area contributed by atoms with E-state index in [0.717, 1.165) is 5.92 Å². The Hall–Kier alpha value is -1.04. The summed E-state index contributed by atoms with van der Waals surface area (Å²) < 4.78 is 0. The smallest absolute Gasteiger partial charge is 0.0164 e. The first-order valence-electron chi connectivity index (χ1n) is 8.14. The van der Waals surface area contributed by atoms with Crippen LogP contribution >= 0.6 is 0 Å². The lowest BCUT2D eigenvalue weighted by atomic mass is 9.66. The second kappa shape index (κ2) is 4.76. The molecule has 0 atom stereocenters. The Bertz CT molecular complexity index is 527. The van der Waals surface area contributed by atoms with E-state index in [-0.39, 0.29) is 0 Å². The van der Waals surface area contributed by atoms with E-state index in [1.807, 2.05) is 0 Å². The van der Waals surface area contributed by atoms with Gasteiger partial charge in [-0.05, 0) is 65.6 Å². The number of hydrogen-bond donors (Lipinski definition) is 0. The highest BCUT2D eigenvalue weighted by atomic mass is 14.4. The molecule has 0 N–H and O–H groups in total. The molecule has 0 bridgehead atoms. The first-order chi connectivity index (χ1) is 9.33. The minimum absolute atomic E-state index is 0.323. The molecule has 0 aromatic heterocycles. The van der Waals surface area contributed by atoms with Crippen molar-refractivity contribution in [3.8, 4) is 0 Å². The van der Waals surface area contributed by atoms with Crippen molar-refractivity contribution in [3.05, 3.63) is 41.5 Å². The van der Waals surface area contributed by atoms with E-state index < -0.39 is 0 Å². The maximum absolute atomic E-state index is 2.52. The van der Waals surface area contributed by atoms with Gasteiger partial charge in [0, 0.05) is 0 Å². The third kappa shape index (κ3) is 3.34. The van der Waals surface area contributed by atoms with E-state index in [9.17, 15) is 0 Å². The van der Waals surface area contributed by atoms with Gasteiger partial charge in [0.25, 0.3) is 0 Å². The van der Waals surface area contributed by atoms with E-state index in [4.69, 9.17) is 0 Å². The summed E-state index contributed by atoms with van der Waals surface area (Å²) in [6.07, 6.45) is 9.18. The van der Waals surface area contributed by atoms with Crippen molar-refractivity contribution >= 4 is 5.57 Å². The van der Waals surface area contributed by atoms with Gasteiger partial charge >= 0.3 is 0 Å². The van der Waals surface area contributed by atoms with Crippen LogP contribution in [0.1, 0.15) is 64.5 Å². The summed E-state index contributed by atoms with van der Waals surface area (Å²) in [5, 5.41) is 0. The van der Waals surface area contributed by atoms with Gasteiger partial charge in [0.05, 0.1) is 0 Å². The minimum Gasteiger partial charge on any atom is -0.0750 e. The van der Waals surface area contributed by atoms with Gasteiger partial charge in [-0.15, -0.1) is 0 Å². The van der Waals surface area contributed by atoms with Gasteiger partial charge in [0.2, 0.25) is 0 Å². The third-order valence-corrected chi connectivity index (χ3v) is 4.69. The molecule has 0 saturated heterocycles. The lowest BCUT2D eigenvalue weighted by Gasteiger charge is -2.39. The molecule has 0 spiro atoms. The molecule has 0 heterocycles. The SMILES string of the molecule is CC1(C)C=C(c2cccc(CC3CC3)c2)CC(C)(C)C1. The Labute approximate surface area is 124 Å². The van der Waals surface area contributed by atoms with Gasteiger partial charge in [-0.3, -0.25) is 0 Å². The van der Waals surface area contributed by atoms with Crippen LogP contribution in [-0.4, -0.2) is 0 Å². The fourth-order valence-electron chi connectivity index (χ4n) is 4.12. The molecule has 0 unspecified atom stereocenters. The van der Waals surface area contributed by atoms with Crippen molar-refractivity contribution in [3.63, 3.8) is 0 Å². The zero-order valence-corrected chi connectivity index (χ0v) is 13.5. The molecule has 20 heavy (non-hydrogen) atoms.